The van der Waals surface area contributed by atoms with E-state index >= 15 is 0 Å². The number of rotatable bonds is 5. The maximum absolute atomic E-state index is 12.1. The molecule has 3 aromatic heterocycles. The maximum Gasteiger partial charge on any atom is 0.250 e. The van der Waals surface area contributed by atoms with Crippen molar-refractivity contribution in [2.75, 3.05) is 6.61 Å². The molecule has 0 unspecified atom stereocenters. The third-order valence-corrected chi connectivity index (χ3v) is 5.32. The van der Waals surface area contributed by atoms with Crippen molar-refractivity contribution in [1.82, 2.24) is 19.5 Å². The zero-order valence-electron chi connectivity index (χ0n) is 16.0. The molecule has 7 heteroatoms. The first kappa shape index (κ1) is 18.6. The third kappa shape index (κ3) is 3.78. The Balaban J connectivity index is 1.54. The molecule has 1 saturated carbocycles. The van der Waals surface area contributed by atoms with Crippen LogP contribution in [-0.2, 0) is 7.05 Å². The standard InChI is InChI=1S/C21H21ClN4O2/c1-12-4-5-19(24-8-12)15-6-14(15)11-28-21-17(9-23-13(2)25-21)16-7-20(27)26(3)10-18(16)22/h4-5,7-10,14-15H,6,11H2,1-3H3/t14-,15+/m1/s1. The summed E-state index contributed by atoms with van der Waals surface area (Å²) in [5.41, 5.74) is 3.31. The Bertz CT molecular complexity index is 1080. The van der Waals surface area contributed by atoms with Gasteiger partial charge in [-0.05, 0) is 31.9 Å². The van der Waals surface area contributed by atoms with Gasteiger partial charge in [-0.25, -0.2) is 4.98 Å². The molecule has 0 radical (unpaired) electrons. The smallest absolute Gasteiger partial charge is 0.250 e. The number of pyridine rings is 2. The highest BCUT2D eigenvalue weighted by Gasteiger charge is 2.40. The predicted molar refractivity (Wildman–Crippen MR) is 108 cm³/mol. The molecule has 1 fully saturated rings. The average Bonchev–Trinajstić information content (AvgIpc) is 3.44. The lowest BCUT2D eigenvalue weighted by molar-refractivity contribution is 0.285. The van der Waals surface area contributed by atoms with E-state index in [1.54, 1.807) is 26.4 Å². The highest BCUT2D eigenvalue weighted by molar-refractivity contribution is 6.33. The predicted octanol–water partition coefficient (Wildman–Crippen LogP) is 3.69. The molecule has 144 valence electrons. The largest absolute Gasteiger partial charge is 0.477 e. The summed E-state index contributed by atoms with van der Waals surface area (Å²) in [4.78, 5) is 25.3. The summed E-state index contributed by atoms with van der Waals surface area (Å²) >= 11 is 6.36. The van der Waals surface area contributed by atoms with E-state index in [4.69, 9.17) is 16.3 Å². The van der Waals surface area contributed by atoms with E-state index in [0.717, 1.165) is 17.7 Å². The summed E-state index contributed by atoms with van der Waals surface area (Å²) < 4.78 is 7.49. The molecule has 1 aliphatic rings. The van der Waals surface area contributed by atoms with Crippen molar-refractivity contribution >= 4 is 11.6 Å². The van der Waals surface area contributed by atoms with Gasteiger partial charge in [0.2, 0.25) is 5.88 Å². The number of aryl methyl sites for hydroxylation is 3. The number of ether oxygens (including phenoxy) is 1. The topological polar surface area (TPSA) is 69.9 Å². The molecule has 0 aliphatic heterocycles. The quantitative estimate of drug-likeness (QED) is 0.657. The fourth-order valence-corrected chi connectivity index (χ4v) is 3.53. The molecular weight excluding hydrogens is 376 g/mol. The first-order valence-electron chi connectivity index (χ1n) is 9.18. The number of nitrogens with zero attached hydrogens (tertiary/aromatic N) is 4. The molecule has 0 spiro atoms. The van der Waals surface area contributed by atoms with Crippen LogP contribution in [0.25, 0.3) is 11.1 Å². The molecule has 28 heavy (non-hydrogen) atoms. The minimum atomic E-state index is -0.154. The summed E-state index contributed by atoms with van der Waals surface area (Å²) in [6, 6.07) is 5.65. The maximum atomic E-state index is 12.1. The van der Waals surface area contributed by atoms with Gasteiger partial charge in [-0.2, -0.15) is 4.98 Å². The Morgan fingerprint density at radius 1 is 1.21 bits per heavy atom. The Labute approximate surface area is 168 Å². The van der Waals surface area contributed by atoms with Gasteiger partial charge in [0.25, 0.3) is 5.56 Å². The molecule has 3 aromatic rings. The van der Waals surface area contributed by atoms with Gasteiger partial charge in [0.05, 0.1) is 17.2 Å². The molecule has 2 atom stereocenters. The van der Waals surface area contributed by atoms with Crippen LogP contribution in [-0.4, -0.2) is 26.1 Å². The molecule has 6 nitrogen and oxygen atoms in total. The molecule has 0 aromatic carbocycles. The SMILES string of the molecule is Cc1ccc([C@H]2C[C@@H]2COc2nc(C)ncc2-c2cc(=O)n(C)cc2Cl)nc1. The van der Waals surface area contributed by atoms with Crippen LogP contribution in [0, 0.1) is 19.8 Å². The summed E-state index contributed by atoms with van der Waals surface area (Å²) in [5.74, 6) is 1.87. The van der Waals surface area contributed by atoms with Crippen LogP contribution >= 0.6 is 11.6 Å². The van der Waals surface area contributed by atoms with E-state index in [9.17, 15) is 4.79 Å². The average molecular weight is 397 g/mol. The van der Waals surface area contributed by atoms with Crippen LogP contribution in [0.1, 0.15) is 29.4 Å². The molecule has 4 rings (SSSR count). The van der Waals surface area contributed by atoms with Crippen LogP contribution in [0.2, 0.25) is 5.02 Å². The van der Waals surface area contributed by atoms with E-state index in [1.807, 2.05) is 13.1 Å². The van der Waals surface area contributed by atoms with Crippen molar-refractivity contribution < 1.29 is 4.74 Å². The molecule has 0 bridgehead atoms. The fourth-order valence-electron chi connectivity index (χ4n) is 3.23. The van der Waals surface area contributed by atoms with E-state index < -0.39 is 0 Å². The van der Waals surface area contributed by atoms with E-state index in [1.165, 1.54) is 10.6 Å². The normalized spacial score (nSPS) is 18.1. The van der Waals surface area contributed by atoms with E-state index in [-0.39, 0.29) is 5.56 Å². The first-order valence-corrected chi connectivity index (χ1v) is 9.55. The van der Waals surface area contributed by atoms with Gasteiger partial charge in [-0.1, -0.05) is 17.7 Å². The van der Waals surface area contributed by atoms with Crippen LogP contribution in [0.4, 0.5) is 0 Å². The Morgan fingerprint density at radius 3 is 2.79 bits per heavy atom. The van der Waals surface area contributed by atoms with Gasteiger partial charge in [-0.15, -0.1) is 0 Å². The van der Waals surface area contributed by atoms with Gasteiger partial charge in [0.1, 0.15) is 5.82 Å². The summed E-state index contributed by atoms with van der Waals surface area (Å²) in [7, 11) is 1.66. The van der Waals surface area contributed by atoms with Crippen molar-refractivity contribution in [3.8, 4) is 17.0 Å². The van der Waals surface area contributed by atoms with Crippen molar-refractivity contribution in [2.24, 2.45) is 13.0 Å². The second-order valence-electron chi connectivity index (χ2n) is 7.29. The van der Waals surface area contributed by atoms with Crippen LogP contribution < -0.4 is 10.3 Å². The molecule has 0 saturated heterocycles. The highest BCUT2D eigenvalue weighted by Crippen LogP contribution is 2.47. The van der Waals surface area contributed by atoms with E-state index in [0.29, 0.717) is 46.3 Å². The zero-order valence-corrected chi connectivity index (χ0v) is 16.8. The van der Waals surface area contributed by atoms with Gasteiger partial charge in [-0.3, -0.25) is 9.78 Å². The fraction of sp³-hybridized carbons (Fsp3) is 0.333. The van der Waals surface area contributed by atoms with Gasteiger partial charge in [0, 0.05) is 54.8 Å². The van der Waals surface area contributed by atoms with Crippen LogP contribution in [0.3, 0.4) is 0 Å². The lowest BCUT2D eigenvalue weighted by Gasteiger charge is -2.12. The molecule has 0 N–H and O–H groups in total. The Kier molecular flexibility index (Phi) is 4.89. The highest BCUT2D eigenvalue weighted by atomic mass is 35.5. The zero-order chi connectivity index (χ0) is 19.8. The lowest BCUT2D eigenvalue weighted by atomic mass is 10.1. The summed E-state index contributed by atoms with van der Waals surface area (Å²) in [5, 5.41) is 0.451. The van der Waals surface area contributed by atoms with Crippen molar-refractivity contribution in [3.05, 3.63) is 69.2 Å². The molecular formula is C21H21ClN4O2. The number of halogens is 1. The van der Waals surface area contributed by atoms with Crippen LogP contribution in [0.5, 0.6) is 5.88 Å². The van der Waals surface area contributed by atoms with Crippen LogP contribution in [0.15, 0.2) is 41.6 Å². The molecule has 0 amide bonds. The number of hydrogen-bond acceptors (Lipinski definition) is 5. The lowest BCUT2D eigenvalue weighted by Crippen LogP contribution is -2.15. The first-order chi connectivity index (χ1) is 13.4. The Hall–Kier alpha value is -2.73. The van der Waals surface area contributed by atoms with Gasteiger partial charge >= 0.3 is 0 Å². The monoisotopic (exact) mass is 396 g/mol. The summed E-state index contributed by atoms with van der Waals surface area (Å²) in [6.45, 7) is 4.37. The number of aromatic nitrogens is 4. The summed E-state index contributed by atoms with van der Waals surface area (Å²) in [6.07, 6.45) is 6.19. The van der Waals surface area contributed by atoms with Crippen molar-refractivity contribution in [3.63, 3.8) is 0 Å². The minimum absolute atomic E-state index is 0.154. The Morgan fingerprint density at radius 2 is 2.04 bits per heavy atom. The number of hydrogen-bond donors (Lipinski definition) is 0. The van der Waals surface area contributed by atoms with Crippen molar-refractivity contribution in [2.45, 2.75) is 26.2 Å². The second kappa shape index (κ2) is 7.36. The van der Waals surface area contributed by atoms with Gasteiger partial charge < -0.3 is 9.30 Å². The molecule has 3 heterocycles. The van der Waals surface area contributed by atoms with E-state index in [2.05, 4.69) is 27.1 Å². The third-order valence-electron chi connectivity index (χ3n) is 5.02. The minimum Gasteiger partial charge on any atom is -0.477 e. The van der Waals surface area contributed by atoms with Gasteiger partial charge in [0.15, 0.2) is 0 Å². The second-order valence-corrected chi connectivity index (χ2v) is 7.70. The molecule has 1 aliphatic carbocycles. The van der Waals surface area contributed by atoms with Crippen molar-refractivity contribution in [1.29, 1.82) is 0 Å².